The van der Waals surface area contributed by atoms with E-state index in [-0.39, 0.29) is 18.8 Å². The van der Waals surface area contributed by atoms with Crippen molar-refractivity contribution in [3.8, 4) is 0 Å². The van der Waals surface area contributed by atoms with E-state index in [0.717, 1.165) is 24.6 Å². The van der Waals surface area contributed by atoms with Gasteiger partial charge in [0.2, 0.25) is 12.3 Å². The Morgan fingerprint density at radius 1 is 1.23 bits per heavy atom. The topological polar surface area (TPSA) is 78.7 Å². The van der Waals surface area contributed by atoms with E-state index in [9.17, 15) is 13.6 Å². The lowest BCUT2D eigenvalue weighted by Crippen LogP contribution is -2.67. The molecular weight excluding hydrogens is 392 g/mol. The van der Waals surface area contributed by atoms with Gasteiger partial charge in [-0.2, -0.15) is 10.1 Å². The zero-order valence-corrected chi connectivity index (χ0v) is 17.3. The van der Waals surface area contributed by atoms with E-state index in [0.29, 0.717) is 42.8 Å². The number of nitrogens with zero attached hydrogens (tertiary/aromatic N) is 6. The van der Waals surface area contributed by atoms with Crippen molar-refractivity contribution in [1.29, 1.82) is 0 Å². The van der Waals surface area contributed by atoms with Crippen LogP contribution in [-0.4, -0.2) is 69.0 Å². The number of aryl methyl sites for hydroxylation is 1. The number of alkyl halides is 2. The largest absolute Gasteiger partial charge is 0.352 e. The molecule has 4 fully saturated rings. The van der Waals surface area contributed by atoms with Crippen molar-refractivity contribution in [3.05, 3.63) is 17.6 Å². The third kappa shape index (κ3) is 3.30. The Balaban J connectivity index is 1.41. The van der Waals surface area contributed by atoms with Gasteiger partial charge in [-0.05, 0) is 39.2 Å². The summed E-state index contributed by atoms with van der Waals surface area (Å²) < 4.78 is 28.8. The van der Waals surface area contributed by atoms with Gasteiger partial charge in [-0.1, -0.05) is 0 Å². The van der Waals surface area contributed by atoms with Crippen molar-refractivity contribution in [1.82, 2.24) is 29.8 Å². The number of rotatable bonds is 5. The first-order valence-corrected chi connectivity index (χ1v) is 10.6. The molecule has 1 amide bonds. The normalized spacial score (nSPS) is 27.7. The molecule has 1 saturated carbocycles. The number of anilines is 1. The first-order valence-electron chi connectivity index (χ1n) is 10.6. The van der Waals surface area contributed by atoms with Gasteiger partial charge in [0.15, 0.2) is 5.82 Å². The van der Waals surface area contributed by atoms with Gasteiger partial charge in [-0.3, -0.25) is 9.69 Å². The van der Waals surface area contributed by atoms with Gasteiger partial charge in [0, 0.05) is 38.0 Å². The highest BCUT2D eigenvalue weighted by Gasteiger charge is 2.43. The lowest BCUT2D eigenvalue weighted by atomic mass is 9.81. The number of carbonyl (C=O) groups excluding carboxylic acids is 1. The monoisotopic (exact) mass is 419 g/mol. The standard InChI is InChI=1S/C20H27F2N7O/c1-12-18(28-8-14-7-15(9-28)27(14)2)25-19-24-16(10-29(19)26-12)17(23-11-30)13-3-5-20(21,22)6-4-13/h10-11,13-15,17H,3-9H2,1-2H3,(H,23,30). The third-order valence-electron chi connectivity index (χ3n) is 7.13. The van der Waals surface area contributed by atoms with Crippen molar-refractivity contribution in [2.24, 2.45) is 5.92 Å². The maximum Gasteiger partial charge on any atom is 0.252 e. The van der Waals surface area contributed by atoms with Crippen molar-refractivity contribution >= 4 is 18.0 Å². The fraction of sp³-hybridized carbons (Fsp3) is 0.700. The van der Waals surface area contributed by atoms with Gasteiger partial charge in [-0.15, -0.1) is 0 Å². The maximum absolute atomic E-state index is 13.6. The van der Waals surface area contributed by atoms with E-state index in [2.05, 4.69) is 32.2 Å². The Bertz CT molecular complexity index is 942. The predicted molar refractivity (Wildman–Crippen MR) is 107 cm³/mol. The number of hydrogen-bond acceptors (Lipinski definition) is 6. The predicted octanol–water partition coefficient (Wildman–Crippen LogP) is 1.94. The molecule has 3 unspecified atom stereocenters. The van der Waals surface area contributed by atoms with Gasteiger partial charge < -0.3 is 10.2 Å². The summed E-state index contributed by atoms with van der Waals surface area (Å²) in [7, 11) is 2.17. The number of piperazine rings is 1. The van der Waals surface area contributed by atoms with E-state index in [1.54, 1.807) is 10.7 Å². The van der Waals surface area contributed by atoms with Gasteiger partial charge in [-0.25, -0.2) is 18.3 Å². The molecule has 0 aromatic carbocycles. The number of hydrogen-bond donors (Lipinski definition) is 1. The minimum Gasteiger partial charge on any atom is -0.352 e. The number of nitrogens with one attached hydrogen (secondary N) is 1. The van der Waals surface area contributed by atoms with E-state index >= 15 is 0 Å². The van der Waals surface area contributed by atoms with Gasteiger partial charge in [0.25, 0.3) is 5.78 Å². The van der Waals surface area contributed by atoms with Crippen LogP contribution < -0.4 is 10.2 Å². The van der Waals surface area contributed by atoms with Crippen LogP contribution in [0.15, 0.2) is 6.20 Å². The Morgan fingerprint density at radius 2 is 1.93 bits per heavy atom. The van der Waals surface area contributed by atoms with Crippen LogP contribution in [-0.2, 0) is 4.79 Å². The highest BCUT2D eigenvalue weighted by Crippen LogP contribution is 2.41. The second-order valence-corrected chi connectivity index (χ2v) is 9.00. The molecule has 0 radical (unpaired) electrons. The van der Waals surface area contributed by atoms with Crippen LogP contribution in [0.3, 0.4) is 0 Å². The molecule has 2 aromatic heterocycles. The smallest absolute Gasteiger partial charge is 0.252 e. The highest BCUT2D eigenvalue weighted by molar-refractivity contribution is 5.50. The zero-order valence-electron chi connectivity index (χ0n) is 17.3. The van der Waals surface area contributed by atoms with Gasteiger partial charge >= 0.3 is 0 Å². The van der Waals surface area contributed by atoms with Crippen LogP contribution in [0.5, 0.6) is 0 Å². The highest BCUT2D eigenvalue weighted by atomic mass is 19.3. The lowest BCUT2D eigenvalue weighted by molar-refractivity contribution is -0.111. The van der Waals surface area contributed by atoms with Crippen LogP contribution in [0.2, 0.25) is 0 Å². The van der Waals surface area contributed by atoms with Crippen molar-refractivity contribution in [2.45, 2.75) is 63.1 Å². The second kappa shape index (κ2) is 7.11. The Kier molecular flexibility index (Phi) is 4.64. The zero-order chi connectivity index (χ0) is 21.0. The van der Waals surface area contributed by atoms with Crippen molar-refractivity contribution in [3.63, 3.8) is 0 Å². The minimum absolute atomic E-state index is 0.0787. The molecule has 2 aromatic rings. The van der Waals surface area contributed by atoms with E-state index < -0.39 is 12.0 Å². The number of halogens is 2. The maximum atomic E-state index is 13.6. The average Bonchev–Trinajstić information content (AvgIpc) is 3.13. The Morgan fingerprint density at radius 3 is 2.57 bits per heavy atom. The SMILES string of the molecule is Cc1nn2cc(C(NC=O)C3CCC(F)(F)CC3)nc2nc1N1CC2CC(C1)N2C. The summed E-state index contributed by atoms with van der Waals surface area (Å²) >= 11 is 0. The molecule has 10 heteroatoms. The molecule has 30 heavy (non-hydrogen) atoms. The fourth-order valence-corrected chi connectivity index (χ4v) is 5.26. The van der Waals surface area contributed by atoms with E-state index in [1.807, 2.05) is 6.92 Å². The van der Waals surface area contributed by atoms with E-state index in [4.69, 9.17) is 4.98 Å². The summed E-state index contributed by atoms with van der Waals surface area (Å²) in [6.45, 7) is 3.80. The van der Waals surface area contributed by atoms with Crippen LogP contribution in [0, 0.1) is 12.8 Å². The molecular formula is C20H27F2N7O. The minimum atomic E-state index is -2.61. The van der Waals surface area contributed by atoms with Crippen molar-refractivity contribution in [2.75, 3.05) is 25.0 Å². The van der Waals surface area contributed by atoms with Crippen molar-refractivity contribution < 1.29 is 13.6 Å². The van der Waals surface area contributed by atoms with Gasteiger partial charge in [0.1, 0.15) is 5.69 Å². The number of amides is 1. The van der Waals surface area contributed by atoms with Crippen LogP contribution in [0.4, 0.5) is 14.6 Å². The lowest BCUT2D eigenvalue weighted by Gasteiger charge is -2.55. The number of fused-ring (bicyclic) bond motifs is 3. The number of aromatic nitrogens is 4. The number of imidazole rings is 1. The summed E-state index contributed by atoms with van der Waals surface area (Å²) in [5, 5.41) is 7.43. The molecule has 3 aliphatic heterocycles. The summed E-state index contributed by atoms with van der Waals surface area (Å²) in [4.78, 5) is 25.3. The molecule has 4 aliphatic rings. The molecule has 0 spiro atoms. The summed E-state index contributed by atoms with van der Waals surface area (Å²) in [6, 6.07) is 0.700. The molecule has 1 aliphatic carbocycles. The summed E-state index contributed by atoms with van der Waals surface area (Å²) in [5.74, 6) is -1.37. The van der Waals surface area contributed by atoms with Crippen LogP contribution in [0.1, 0.15) is 49.5 Å². The number of piperidine rings is 1. The molecule has 3 saturated heterocycles. The molecule has 8 nitrogen and oxygen atoms in total. The molecule has 5 heterocycles. The number of likely N-dealkylation sites (N-methyl/N-ethyl adjacent to an activating group) is 1. The Labute approximate surface area is 173 Å². The average molecular weight is 419 g/mol. The second-order valence-electron chi connectivity index (χ2n) is 9.00. The van der Waals surface area contributed by atoms with Crippen LogP contribution >= 0.6 is 0 Å². The molecule has 3 atom stereocenters. The summed E-state index contributed by atoms with van der Waals surface area (Å²) in [6.07, 6.45) is 3.99. The molecule has 162 valence electrons. The first-order chi connectivity index (χ1) is 14.3. The summed E-state index contributed by atoms with van der Waals surface area (Å²) in [5.41, 5.74) is 1.45. The van der Waals surface area contributed by atoms with E-state index in [1.165, 1.54) is 6.42 Å². The molecule has 2 bridgehead atoms. The number of carbonyl (C=O) groups is 1. The quantitative estimate of drug-likeness (QED) is 0.747. The third-order valence-corrected chi connectivity index (χ3v) is 7.13. The van der Waals surface area contributed by atoms with Crippen LogP contribution in [0.25, 0.3) is 5.78 Å². The first kappa shape index (κ1) is 19.6. The molecule has 1 N–H and O–H groups in total. The fourth-order valence-electron chi connectivity index (χ4n) is 5.26. The molecule has 6 rings (SSSR count). The van der Waals surface area contributed by atoms with Gasteiger partial charge in [0.05, 0.1) is 17.9 Å². The Hall–Kier alpha value is -2.36.